The number of carbonyl (C=O) groups is 1. The molecule has 0 aliphatic rings. The highest BCUT2D eigenvalue weighted by Gasteiger charge is 2.27. The summed E-state index contributed by atoms with van der Waals surface area (Å²) in [4.78, 5) is 16.9. The number of aromatic nitrogens is 2. The highest BCUT2D eigenvalue weighted by Crippen LogP contribution is 2.31. The number of hydrogen-bond donors (Lipinski definition) is 1. The van der Waals surface area contributed by atoms with Gasteiger partial charge in [-0.25, -0.2) is 4.98 Å². The fourth-order valence-electron chi connectivity index (χ4n) is 3.57. The number of nitrogens with two attached hydrogens (primary N) is 1. The van der Waals surface area contributed by atoms with Gasteiger partial charge in [0.1, 0.15) is 12.3 Å². The van der Waals surface area contributed by atoms with Gasteiger partial charge in [-0.1, -0.05) is 51.1 Å². The Morgan fingerprint density at radius 3 is 2.55 bits per heavy atom. The minimum atomic E-state index is -0.647. The quantitative estimate of drug-likeness (QED) is 0.604. The molecule has 0 fully saturated rings. The molecule has 0 spiro atoms. The molecule has 1 atom stereocenters. The molecule has 2 heterocycles. The van der Waals surface area contributed by atoms with Crippen LogP contribution in [0.1, 0.15) is 57.2 Å². The molecule has 1 unspecified atom stereocenters. The first-order valence-corrected chi connectivity index (χ1v) is 10.1. The molecule has 2 N–H and O–H groups in total. The minimum Gasteiger partial charge on any atom is -0.461 e. The SMILES string of the molecule is CC(N)(CCc1c(C(C)(C)C)cn2cccnc12)CC(=O)OCc1ccccc1. The van der Waals surface area contributed by atoms with Gasteiger partial charge in [0.2, 0.25) is 0 Å². The number of benzene rings is 1. The summed E-state index contributed by atoms with van der Waals surface area (Å²) in [6, 6.07) is 11.6. The van der Waals surface area contributed by atoms with Gasteiger partial charge in [0.25, 0.3) is 0 Å². The number of aryl methyl sites for hydroxylation is 1. The van der Waals surface area contributed by atoms with Crippen LogP contribution in [0.15, 0.2) is 55.0 Å². The lowest BCUT2D eigenvalue weighted by atomic mass is 9.83. The zero-order valence-corrected chi connectivity index (χ0v) is 17.8. The average Bonchev–Trinajstić information content (AvgIpc) is 3.05. The summed E-state index contributed by atoms with van der Waals surface area (Å²) in [6.45, 7) is 8.80. The van der Waals surface area contributed by atoms with Crippen molar-refractivity contribution in [2.45, 2.75) is 64.5 Å². The lowest BCUT2D eigenvalue weighted by Gasteiger charge is -2.25. The number of carbonyl (C=O) groups excluding carboxylic acids is 1. The third kappa shape index (κ3) is 5.45. The van der Waals surface area contributed by atoms with E-state index in [-0.39, 0.29) is 24.4 Å². The summed E-state index contributed by atoms with van der Waals surface area (Å²) < 4.78 is 7.48. The monoisotopic (exact) mass is 393 g/mol. The minimum absolute atomic E-state index is 0.00263. The number of fused-ring (bicyclic) bond motifs is 1. The zero-order valence-electron chi connectivity index (χ0n) is 17.8. The van der Waals surface area contributed by atoms with E-state index in [0.29, 0.717) is 6.42 Å². The zero-order chi connectivity index (χ0) is 21.1. The number of ether oxygens (including phenoxy) is 1. The molecule has 0 aliphatic heterocycles. The Bertz CT molecular complexity index is 969. The van der Waals surface area contributed by atoms with Gasteiger partial charge in [-0.15, -0.1) is 0 Å². The van der Waals surface area contributed by atoms with E-state index in [0.717, 1.165) is 17.6 Å². The third-order valence-corrected chi connectivity index (χ3v) is 5.18. The van der Waals surface area contributed by atoms with Crippen LogP contribution in [-0.2, 0) is 28.0 Å². The van der Waals surface area contributed by atoms with Crippen molar-refractivity contribution in [1.82, 2.24) is 9.38 Å². The van der Waals surface area contributed by atoms with E-state index in [1.165, 1.54) is 11.1 Å². The smallest absolute Gasteiger partial charge is 0.307 e. The van der Waals surface area contributed by atoms with Crippen LogP contribution < -0.4 is 5.73 Å². The molecular formula is C24H31N3O2. The second kappa shape index (κ2) is 8.37. The summed E-state index contributed by atoms with van der Waals surface area (Å²) in [5.74, 6) is -0.269. The first-order valence-electron chi connectivity index (χ1n) is 10.1. The van der Waals surface area contributed by atoms with Gasteiger partial charge in [0.05, 0.1) is 6.42 Å². The van der Waals surface area contributed by atoms with Crippen LogP contribution in [0.4, 0.5) is 0 Å². The predicted molar refractivity (Wildman–Crippen MR) is 116 cm³/mol. The van der Waals surface area contributed by atoms with Gasteiger partial charge in [-0.05, 0) is 42.4 Å². The number of esters is 1. The van der Waals surface area contributed by atoms with Crippen LogP contribution >= 0.6 is 0 Å². The Balaban J connectivity index is 1.66. The first kappa shape index (κ1) is 21.1. The Hall–Kier alpha value is -2.66. The molecule has 0 saturated carbocycles. The van der Waals surface area contributed by atoms with E-state index in [2.05, 4.69) is 36.4 Å². The van der Waals surface area contributed by atoms with E-state index in [1.807, 2.05) is 55.7 Å². The largest absolute Gasteiger partial charge is 0.461 e. The van der Waals surface area contributed by atoms with Crippen molar-refractivity contribution < 1.29 is 9.53 Å². The molecule has 2 aromatic heterocycles. The summed E-state index contributed by atoms with van der Waals surface area (Å²) in [6.07, 6.45) is 7.60. The standard InChI is InChI=1S/C24H31N3O2/c1-23(2,3)20-16-27-14-8-13-26-22(27)19(20)11-12-24(4,25)15-21(28)29-17-18-9-6-5-7-10-18/h5-10,13-14,16H,11-12,15,17,25H2,1-4H3. The van der Waals surface area contributed by atoms with Gasteiger partial charge in [0.15, 0.2) is 0 Å². The molecule has 0 bridgehead atoms. The number of nitrogens with zero attached hydrogens (tertiary/aromatic N) is 2. The number of hydrogen-bond acceptors (Lipinski definition) is 4. The Labute approximate surface area is 172 Å². The maximum Gasteiger partial charge on any atom is 0.307 e. The van der Waals surface area contributed by atoms with Crippen LogP contribution in [-0.4, -0.2) is 20.9 Å². The topological polar surface area (TPSA) is 69.6 Å². The molecule has 5 heteroatoms. The van der Waals surface area contributed by atoms with Crippen molar-refractivity contribution in [3.05, 3.63) is 71.7 Å². The molecule has 0 saturated heterocycles. The van der Waals surface area contributed by atoms with E-state index in [4.69, 9.17) is 10.5 Å². The Morgan fingerprint density at radius 1 is 1.14 bits per heavy atom. The van der Waals surface area contributed by atoms with Crippen LogP contribution in [0.3, 0.4) is 0 Å². The van der Waals surface area contributed by atoms with Crippen molar-refractivity contribution in [2.24, 2.45) is 5.73 Å². The maximum absolute atomic E-state index is 12.3. The van der Waals surface area contributed by atoms with E-state index >= 15 is 0 Å². The van der Waals surface area contributed by atoms with E-state index in [1.54, 1.807) is 0 Å². The Kier molecular flexibility index (Phi) is 6.08. The van der Waals surface area contributed by atoms with Gasteiger partial charge < -0.3 is 14.9 Å². The lowest BCUT2D eigenvalue weighted by Crippen LogP contribution is -2.39. The number of rotatable bonds is 7. The first-order chi connectivity index (χ1) is 13.7. The molecule has 1 aromatic carbocycles. The summed E-state index contributed by atoms with van der Waals surface area (Å²) in [7, 11) is 0. The van der Waals surface area contributed by atoms with E-state index < -0.39 is 5.54 Å². The van der Waals surface area contributed by atoms with Crippen molar-refractivity contribution in [3.63, 3.8) is 0 Å². The van der Waals surface area contributed by atoms with Crippen molar-refractivity contribution in [3.8, 4) is 0 Å². The molecule has 3 rings (SSSR count). The van der Waals surface area contributed by atoms with Crippen LogP contribution in [0.5, 0.6) is 0 Å². The maximum atomic E-state index is 12.3. The molecule has 5 nitrogen and oxygen atoms in total. The second-order valence-electron chi connectivity index (χ2n) is 9.10. The van der Waals surface area contributed by atoms with Crippen LogP contribution in [0.2, 0.25) is 0 Å². The third-order valence-electron chi connectivity index (χ3n) is 5.18. The summed E-state index contributed by atoms with van der Waals surface area (Å²) in [5.41, 5.74) is 10.2. The fourth-order valence-corrected chi connectivity index (χ4v) is 3.57. The molecule has 154 valence electrons. The van der Waals surface area contributed by atoms with Crippen molar-refractivity contribution in [1.29, 1.82) is 0 Å². The molecular weight excluding hydrogens is 362 g/mol. The molecule has 3 aromatic rings. The van der Waals surface area contributed by atoms with Crippen molar-refractivity contribution >= 4 is 11.6 Å². The molecule has 0 amide bonds. The van der Waals surface area contributed by atoms with Crippen molar-refractivity contribution in [2.75, 3.05) is 0 Å². The molecule has 0 aliphatic carbocycles. The average molecular weight is 394 g/mol. The summed E-state index contributed by atoms with van der Waals surface area (Å²) in [5, 5.41) is 0. The van der Waals surface area contributed by atoms with Gasteiger partial charge in [-0.3, -0.25) is 4.79 Å². The van der Waals surface area contributed by atoms with E-state index in [9.17, 15) is 4.79 Å². The van der Waals surface area contributed by atoms with Gasteiger partial charge >= 0.3 is 5.97 Å². The van der Waals surface area contributed by atoms with Crippen LogP contribution in [0, 0.1) is 0 Å². The fraction of sp³-hybridized carbons (Fsp3) is 0.417. The normalized spacial score (nSPS) is 14.0. The molecule has 29 heavy (non-hydrogen) atoms. The van der Waals surface area contributed by atoms with Gasteiger partial charge in [0, 0.05) is 29.7 Å². The highest BCUT2D eigenvalue weighted by atomic mass is 16.5. The summed E-state index contributed by atoms with van der Waals surface area (Å²) >= 11 is 0. The lowest BCUT2D eigenvalue weighted by molar-refractivity contribution is -0.146. The highest BCUT2D eigenvalue weighted by molar-refractivity contribution is 5.70. The second-order valence-corrected chi connectivity index (χ2v) is 9.10. The van der Waals surface area contributed by atoms with Crippen LogP contribution in [0.25, 0.3) is 5.65 Å². The Morgan fingerprint density at radius 2 is 1.86 bits per heavy atom. The molecule has 0 radical (unpaired) electrons. The van der Waals surface area contributed by atoms with Gasteiger partial charge in [-0.2, -0.15) is 0 Å². The predicted octanol–water partition coefficient (Wildman–Crippen LogP) is 4.42.